The first kappa shape index (κ1) is 13.7. The average molecular weight is 299 g/mol. The van der Waals surface area contributed by atoms with Crippen LogP contribution in [0.1, 0.15) is 17.5 Å². The van der Waals surface area contributed by atoms with Gasteiger partial charge in [0.25, 0.3) is 5.91 Å². The Labute approximate surface area is 128 Å². The molecule has 1 heterocycles. The second-order valence-electron chi connectivity index (χ2n) is 5.05. The molecule has 0 unspecified atom stereocenters. The first-order chi connectivity index (χ1) is 10.1. The van der Waals surface area contributed by atoms with Gasteiger partial charge in [-0.05, 0) is 42.7 Å². The van der Waals surface area contributed by atoms with Crippen LogP contribution in [0.2, 0.25) is 5.02 Å². The van der Waals surface area contributed by atoms with Gasteiger partial charge in [0.05, 0.1) is 5.69 Å². The number of carbonyl (C=O) groups is 1. The van der Waals surface area contributed by atoms with E-state index in [-0.39, 0.29) is 5.91 Å². The van der Waals surface area contributed by atoms with E-state index in [0.29, 0.717) is 11.3 Å². The number of nitrogen functional groups attached to an aromatic ring is 1. The molecule has 3 N–H and O–H groups in total. The average Bonchev–Trinajstić information content (AvgIpc) is 2.74. The number of nitrogens with two attached hydrogens (primary N) is 1. The standard InChI is InChI=1S/C17H15ClN2O/c18-12-5-1-3-11(9-12)4-2-6-15-14-8-7-13(19)10-16(14)20-17(15)21/h1,3,5-10H,2,4,19H2,(H,20,21)/b15-6+. The fourth-order valence-electron chi connectivity index (χ4n) is 2.49. The van der Waals surface area contributed by atoms with Gasteiger partial charge in [-0.2, -0.15) is 0 Å². The van der Waals surface area contributed by atoms with E-state index in [4.69, 9.17) is 17.3 Å². The monoisotopic (exact) mass is 298 g/mol. The number of hydrogen-bond acceptors (Lipinski definition) is 2. The highest BCUT2D eigenvalue weighted by molar-refractivity contribution is 6.31. The molecule has 1 aliphatic heterocycles. The minimum atomic E-state index is -0.0679. The highest BCUT2D eigenvalue weighted by Crippen LogP contribution is 2.33. The molecule has 106 valence electrons. The van der Waals surface area contributed by atoms with E-state index in [0.717, 1.165) is 34.7 Å². The zero-order chi connectivity index (χ0) is 14.8. The molecule has 0 atom stereocenters. The van der Waals surface area contributed by atoms with Crippen molar-refractivity contribution >= 4 is 34.5 Å². The molecular formula is C17H15ClN2O. The van der Waals surface area contributed by atoms with E-state index in [9.17, 15) is 4.79 Å². The second kappa shape index (κ2) is 5.62. The summed E-state index contributed by atoms with van der Waals surface area (Å²) in [6.07, 6.45) is 3.60. The molecule has 1 amide bonds. The lowest BCUT2D eigenvalue weighted by Crippen LogP contribution is -2.03. The van der Waals surface area contributed by atoms with Crippen molar-refractivity contribution in [1.29, 1.82) is 0 Å². The van der Waals surface area contributed by atoms with Crippen LogP contribution in [0, 0.1) is 0 Å². The second-order valence-corrected chi connectivity index (χ2v) is 5.48. The topological polar surface area (TPSA) is 55.1 Å². The van der Waals surface area contributed by atoms with Crippen molar-refractivity contribution in [2.45, 2.75) is 12.8 Å². The Bertz CT molecular complexity index is 737. The maximum atomic E-state index is 12.0. The summed E-state index contributed by atoms with van der Waals surface area (Å²) in [5.74, 6) is -0.0679. The molecule has 0 radical (unpaired) electrons. The Kier molecular flexibility index (Phi) is 3.67. The van der Waals surface area contributed by atoms with E-state index < -0.39 is 0 Å². The van der Waals surface area contributed by atoms with Gasteiger partial charge in [0.1, 0.15) is 0 Å². The Hall–Kier alpha value is -2.26. The van der Waals surface area contributed by atoms with E-state index >= 15 is 0 Å². The van der Waals surface area contributed by atoms with Crippen molar-refractivity contribution in [3.8, 4) is 0 Å². The number of rotatable bonds is 3. The number of fused-ring (bicyclic) bond motifs is 1. The summed E-state index contributed by atoms with van der Waals surface area (Å²) < 4.78 is 0. The number of amides is 1. The zero-order valence-electron chi connectivity index (χ0n) is 11.4. The largest absolute Gasteiger partial charge is 0.399 e. The molecule has 21 heavy (non-hydrogen) atoms. The van der Waals surface area contributed by atoms with Crippen LogP contribution in [0.15, 0.2) is 48.5 Å². The quantitative estimate of drug-likeness (QED) is 0.667. The third-order valence-electron chi connectivity index (χ3n) is 3.50. The summed E-state index contributed by atoms with van der Waals surface area (Å²) in [6.45, 7) is 0. The SMILES string of the molecule is Nc1ccc2c(c1)NC(=O)/C2=C/CCc1cccc(Cl)c1. The minimum Gasteiger partial charge on any atom is -0.399 e. The van der Waals surface area contributed by atoms with Crippen LogP contribution < -0.4 is 11.1 Å². The van der Waals surface area contributed by atoms with Gasteiger partial charge in [0.2, 0.25) is 0 Å². The highest BCUT2D eigenvalue weighted by atomic mass is 35.5. The van der Waals surface area contributed by atoms with Gasteiger partial charge >= 0.3 is 0 Å². The molecule has 3 nitrogen and oxygen atoms in total. The normalized spacial score (nSPS) is 15.1. The molecule has 0 aliphatic carbocycles. The summed E-state index contributed by atoms with van der Waals surface area (Å²) in [7, 11) is 0. The van der Waals surface area contributed by atoms with Gasteiger partial charge in [-0.3, -0.25) is 4.79 Å². The van der Waals surface area contributed by atoms with Crippen molar-refractivity contribution in [3.63, 3.8) is 0 Å². The fourth-order valence-corrected chi connectivity index (χ4v) is 2.70. The van der Waals surface area contributed by atoms with E-state index in [2.05, 4.69) is 5.32 Å². The van der Waals surface area contributed by atoms with E-state index in [1.54, 1.807) is 6.07 Å². The molecule has 0 aromatic heterocycles. The minimum absolute atomic E-state index is 0.0679. The molecule has 0 bridgehead atoms. The van der Waals surface area contributed by atoms with Gasteiger partial charge in [-0.15, -0.1) is 0 Å². The van der Waals surface area contributed by atoms with Crippen LogP contribution >= 0.6 is 11.6 Å². The lowest BCUT2D eigenvalue weighted by molar-refractivity contribution is -0.110. The van der Waals surface area contributed by atoms with Crippen molar-refractivity contribution < 1.29 is 4.79 Å². The summed E-state index contributed by atoms with van der Waals surface area (Å²) in [5.41, 5.74) is 9.96. The Morgan fingerprint density at radius 3 is 2.86 bits per heavy atom. The van der Waals surface area contributed by atoms with Crippen LogP contribution in [-0.4, -0.2) is 5.91 Å². The molecule has 3 rings (SSSR count). The molecule has 0 fully saturated rings. The fraction of sp³-hybridized carbons (Fsp3) is 0.118. The van der Waals surface area contributed by atoms with Gasteiger partial charge in [0, 0.05) is 21.8 Å². The number of halogens is 1. The Morgan fingerprint density at radius 2 is 2.05 bits per heavy atom. The van der Waals surface area contributed by atoms with Gasteiger partial charge in [-0.25, -0.2) is 0 Å². The zero-order valence-corrected chi connectivity index (χ0v) is 12.2. The third-order valence-corrected chi connectivity index (χ3v) is 3.73. The molecule has 2 aromatic rings. The predicted molar refractivity (Wildman–Crippen MR) is 87.2 cm³/mol. The van der Waals surface area contributed by atoms with E-state index in [1.165, 1.54) is 0 Å². The number of carbonyl (C=O) groups excluding carboxylic acids is 1. The van der Waals surface area contributed by atoms with Crippen molar-refractivity contribution in [3.05, 3.63) is 64.7 Å². The summed E-state index contributed by atoms with van der Waals surface area (Å²) >= 11 is 5.96. The molecular weight excluding hydrogens is 284 g/mol. The van der Waals surface area contributed by atoms with Crippen LogP contribution in [-0.2, 0) is 11.2 Å². The third kappa shape index (κ3) is 2.93. The van der Waals surface area contributed by atoms with Crippen molar-refractivity contribution in [1.82, 2.24) is 0 Å². The van der Waals surface area contributed by atoms with Gasteiger partial charge in [-0.1, -0.05) is 35.9 Å². The first-order valence-corrected chi connectivity index (χ1v) is 7.17. The number of nitrogens with one attached hydrogen (secondary N) is 1. The van der Waals surface area contributed by atoms with Crippen molar-refractivity contribution in [2.75, 3.05) is 11.1 Å². The smallest absolute Gasteiger partial charge is 0.256 e. The maximum absolute atomic E-state index is 12.0. The van der Waals surface area contributed by atoms with Crippen LogP contribution in [0.5, 0.6) is 0 Å². The van der Waals surface area contributed by atoms with Crippen LogP contribution in [0.25, 0.3) is 5.57 Å². The summed E-state index contributed by atoms with van der Waals surface area (Å²) in [4.78, 5) is 12.0. The summed E-state index contributed by atoms with van der Waals surface area (Å²) in [5, 5.41) is 3.57. The Balaban J connectivity index is 1.77. The molecule has 2 aromatic carbocycles. The van der Waals surface area contributed by atoms with Crippen LogP contribution in [0.3, 0.4) is 0 Å². The highest BCUT2D eigenvalue weighted by Gasteiger charge is 2.23. The van der Waals surface area contributed by atoms with Gasteiger partial charge in [0.15, 0.2) is 0 Å². The molecule has 0 saturated carbocycles. The lowest BCUT2D eigenvalue weighted by Gasteiger charge is -2.01. The van der Waals surface area contributed by atoms with Gasteiger partial charge < -0.3 is 11.1 Å². The molecule has 0 spiro atoms. The maximum Gasteiger partial charge on any atom is 0.256 e. The first-order valence-electron chi connectivity index (χ1n) is 6.79. The van der Waals surface area contributed by atoms with E-state index in [1.807, 2.05) is 42.5 Å². The Morgan fingerprint density at radius 1 is 1.19 bits per heavy atom. The predicted octanol–water partition coefficient (Wildman–Crippen LogP) is 3.89. The molecule has 0 saturated heterocycles. The number of allylic oxidation sites excluding steroid dienone is 1. The van der Waals surface area contributed by atoms with Crippen molar-refractivity contribution in [2.24, 2.45) is 0 Å². The number of anilines is 2. The summed E-state index contributed by atoms with van der Waals surface area (Å²) in [6, 6.07) is 13.2. The number of benzene rings is 2. The molecule has 1 aliphatic rings. The lowest BCUT2D eigenvalue weighted by atomic mass is 10.0. The van der Waals surface area contributed by atoms with Crippen LogP contribution in [0.4, 0.5) is 11.4 Å². The number of aryl methyl sites for hydroxylation is 1. The molecule has 4 heteroatoms. The number of hydrogen-bond donors (Lipinski definition) is 2.